The van der Waals surface area contributed by atoms with Crippen LogP contribution in [0.15, 0.2) is 0 Å². The van der Waals surface area contributed by atoms with E-state index >= 15 is 0 Å². The molecular weight excluding hydrogens is 139 g/mol. The van der Waals surface area contributed by atoms with E-state index in [0.717, 1.165) is 16.4 Å². The Kier molecular flexibility index (Phi) is 4.76. The van der Waals surface area contributed by atoms with Crippen LogP contribution in [0.5, 0.6) is 0 Å². The molecule has 1 aliphatic carbocycles. The second-order valence-corrected chi connectivity index (χ2v) is 4.53. The zero-order chi connectivity index (χ0) is 8.97. The molecule has 12 heavy (non-hydrogen) atoms. The monoisotopic (exact) mass is 160 g/mol. The third-order valence-electron chi connectivity index (χ3n) is 3.71. The molecule has 0 aromatic rings. The second kappa shape index (κ2) is 5.35. The Labute approximate surface area is 86.7 Å². The molecule has 1 rings (SSSR count). The Morgan fingerprint density at radius 2 is 1.42 bits per heavy atom. The van der Waals surface area contributed by atoms with Gasteiger partial charge in [0.2, 0.25) is 0 Å². The van der Waals surface area contributed by atoms with Crippen molar-refractivity contribution in [3.63, 3.8) is 0 Å². The van der Waals surface area contributed by atoms with Gasteiger partial charge in [0, 0.05) is 0 Å². The Hall–Kier alpha value is 0.597. The summed E-state index contributed by atoms with van der Waals surface area (Å²) in [5, 5.41) is 0. The maximum atomic E-state index is 2.48. The van der Waals surface area contributed by atoms with E-state index in [2.05, 4.69) is 31.6 Å². The molecular formula is C11H21Li. The quantitative estimate of drug-likeness (QED) is 0.551. The molecule has 66 valence electrons. The van der Waals surface area contributed by atoms with Gasteiger partial charge in [-0.2, -0.15) is 0 Å². The Balaban J connectivity index is 2.32. The first-order valence-corrected chi connectivity index (χ1v) is 5.79. The molecule has 0 bridgehead atoms. The molecule has 2 atom stereocenters. The predicted octanol–water partition coefficient (Wildman–Crippen LogP) is 3.57. The normalized spacial score (nSPS) is 35.8. The summed E-state index contributed by atoms with van der Waals surface area (Å²) < 4.78 is 1.02. The molecule has 0 amide bonds. The maximum absolute atomic E-state index is 2.48. The SMILES string of the molecule is [Li][CH]1C(CCC)CCC1CCC. The minimum absolute atomic E-state index is 1.02. The van der Waals surface area contributed by atoms with E-state index in [4.69, 9.17) is 0 Å². The predicted molar refractivity (Wildman–Crippen MR) is 55.5 cm³/mol. The van der Waals surface area contributed by atoms with Crippen molar-refractivity contribution >= 4 is 17.7 Å². The molecule has 0 aromatic heterocycles. The van der Waals surface area contributed by atoms with Crippen molar-refractivity contribution in [3.8, 4) is 0 Å². The van der Waals surface area contributed by atoms with Gasteiger partial charge in [-0.25, -0.2) is 0 Å². The number of hydrogen-bond acceptors (Lipinski definition) is 0. The van der Waals surface area contributed by atoms with Gasteiger partial charge in [0.05, 0.1) is 0 Å². The molecule has 0 saturated heterocycles. The van der Waals surface area contributed by atoms with Crippen molar-refractivity contribution in [2.75, 3.05) is 0 Å². The zero-order valence-electron chi connectivity index (χ0n) is 8.97. The second-order valence-electron chi connectivity index (χ2n) is 4.53. The molecule has 1 saturated carbocycles. The van der Waals surface area contributed by atoms with Crippen LogP contribution in [-0.4, -0.2) is 17.7 Å². The van der Waals surface area contributed by atoms with Gasteiger partial charge in [-0.1, -0.05) is 0 Å². The van der Waals surface area contributed by atoms with Crippen molar-refractivity contribution in [1.82, 2.24) is 0 Å². The van der Waals surface area contributed by atoms with Crippen molar-refractivity contribution in [2.45, 2.75) is 57.0 Å². The standard InChI is InChI=1S/C11H21.Li/c1-3-5-10-7-8-11(9-10)6-4-2;/h9-11H,3-8H2,1-2H3;. The van der Waals surface area contributed by atoms with Crippen molar-refractivity contribution in [1.29, 1.82) is 0 Å². The molecule has 1 fully saturated rings. The van der Waals surface area contributed by atoms with E-state index in [9.17, 15) is 0 Å². The van der Waals surface area contributed by atoms with Crippen LogP contribution in [0.3, 0.4) is 0 Å². The van der Waals surface area contributed by atoms with E-state index in [0.29, 0.717) is 0 Å². The molecule has 0 aliphatic heterocycles. The molecule has 0 N–H and O–H groups in total. The van der Waals surface area contributed by atoms with E-state index in [1.807, 2.05) is 0 Å². The summed E-state index contributed by atoms with van der Waals surface area (Å²) in [6, 6.07) is 0. The Morgan fingerprint density at radius 1 is 1.00 bits per heavy atom. The van der Waals surface area contributed by atoms with Gasteiger partial charge in [-0.15, -0.1) is 0 Å². The minimum atomic E-state index is 1.02. The van der Waals surface area contributed by atoms with Gasteiger partial charge in [0.25, 0.3) is 0 Å². The number of hydrogen-bond donors (Lipinski definition) is 0. The van der Waals surface area contributed by atoms with Crippen LogP contribution < -0.4 is 0 Å². The van der Waals surface area contributed by atoms with Crippen LogP contribution in [0, 0.1) is 11.8 Å². The topological polar surface area (TPSA) is 0 Å². The summed E-state index contributed by atoms with van der Waals surface area (Å²) in [6.45, 7) is 4.64. The summed E-state index contributed by atoms with van der Waals surface area (Å²) in [5.74, 6) is 2.12. The van der Waals surface area contributed by atoms with Crippen LogP contribution in [-0.2, 0) is 0 Å². The fourth-order valence-electron chi connectivity index (χ4n) is 2.89. The summed E-state index contributed by atoms with van der Waals surface area (Å²) in [7, 11) is 0. The molecule has 0 spiro atoms. The van der Waals surface area contributed by atoms with Gasteiger partial charge >= 0.3 is 86.5 Å². The van der Waals surface area contributed by atoms with Crippen LogP contribution >= 0.6 is 0 Å². The van der Waals surface area contributed by atoms with Crippen LogP contribution in [0.1, 0.15) is 52.4 Å². The number of rotatable bonds is 4. The third-order valence-corrected chi connectivity index (χ3v) is 3.71. The Bertz CT molecular complexity index is 108. The third kappa shape index (κ3) is 2.54. The summed E-state index contributed by atoms with van der Waals surface area (Å²) in [5.41, 5.74) is 0. The van der Waals surface area contributed by atoms with E-state index < -0.39 is 0 Å². The molecule has 0 nitrogen and oxygen atoms in total. The first-order chi connectivity index (χ1) is 5.79. The first kappa shape index (κ1) is 10.7. The summed E-state index contributed by atoms with van der Waals surface area (Å²) >= 11 is 2.48. The average Bonchev–Trinajstić information content (AvgIpc) is 2.38. The van der Waals surface area contributed by atoms with E-state index in [1.165, 1.54) is 38.5 Å². The molecule has 0 heterocycles. The molecule has 0 radical (unpaired) electrons. The van der Waals surface area contributed by atoms with E-state index in [1.54, 1.807) is 0 Å². The molecule has 1 heteroatoms. The fourth-order valence-corrected chi connectivity index (χ4v) is 2.89. The summed E-state index contributed by atoms with van der Waals surface area (Å²) in [4.78, 5) is 0. The van der Waals surface area contributed by atoms with Crippen molar-refractivity contribution < 1.29 is 0 Å². The van der Waals surface area contributed by atoms with Gasteiger partial charge in [-0.05, 0) is 0 Å². The van der Waals surface area contributed by atoms with Crippen molar-refractivity contribution in [3.05, 3.63) is 0 Å². The van der Waals surface area contributed by atoms with Crippen LogP contribution in [0.25, 0.3) is 0 Å². The average molecular weight is 160 g/mol. The van der Waals surface area contributed by atoms with E-state index in [-0.39, 0.29) is 0 Å². The van der Waals surface area contributed by atoms with Crippen LogP contribution in [0.4, 0.5) is 0 Å². The van der Waals surface area contributed by atoms with Crippen molar-refractivity contribution in [2.24, 2.45) is 11.8 Å². The fraction of sp³-hybridized carbons (Fsp3) is 1.00. The Morgan fingerprint density at radius 3 is 1.75 bits per heavy atom. The van der Waals surface area contributed by atoms with Gasteiger partial charge < -0.3 is 0 Å². The molecule has 0 aromatic carbocycles. The summed E-state index contributed by atoms with van der Waals surface area (Å²) in [6.07, 6.45) is 8.74. The zero-order valence-corrected chi connectivity index (χ0v) is 8.97. The van der Waals surface area contributed by atoms with Gasteiger partial charge in [-0.3, -0.25) is 0 Å². The molecule has 1 aliphatic rings. The van der Waals surface area contributed by atoms with Gasteiger partial charge in [0.15, 0.2) is 0 Å². The van der Waals surface area contributed by atoms with Crippen LogP contribution in [0.2, 0.25) is 4.59 Å². The first-order valence-electron chi connectivity index (χ1n) is 5.79. The van der Waals surface area contributed by atoms with Gasteiger partial charge in [0.1, 0.15) is 0 Å². The molecule has 2 unspecified atom stereocenters.